The second-order valence-electron chi connectivity index (χ2n) is 5.12. The largest absolute Gasteiger partial charge is 0.477 e. The molecule has 0 aliphatic rings. The molecule has 1 aromatic heterocycles. The lowest BCUT2D eigenvalue weighted by molar-refractivity contribution is 0.0702. The van der Waals surface area contributed by atoms with Crippen LogP contribution >= 0.6 is 11.3 Å². The van der Waals surface area contributed by atoms with E-state index in [1.807, 2.05) is 0 Å². The lowest BCUT2D eigenvalue weighted by Gasteiger charge is -2.23. The maximum Gasteiger partial charge on any atom is 0.345 e. The number of carboxylic acid groups (broad SMARTS) is 1. The molecule has 2 aromatic carbocycles. The predicted molar refractivity (Wildman–Crippen MR) is 95.4 cm³/mol. The quantitative estimate of drug-likeness (QED) is 0.750. The fourth-order valence-corrected chi connectivity index (χ4v) is 4.87. The molecule has 3 rings (SSSR count). The first-order valence-corrected chi connectivity index (χ1v) is 9.54. The number of hydrogen-bond acceptors (Lipinski definition) is 4. The summed E-state index contributed by atoms with van der Waals surface area (Å²) in [5, 5.41) is 9.81. The van der Waals surface area contributed by atoms with Crippen LogP contribution in [-0.2, 0) is 10.0 Å². The van der Waals surface area contributed by atoms with Gasteiger partial charge < -0.3 is 5.11 Å². The lowest BCUT2D eigenvalue weighted by Crippen LogP contribution is -2.30. The zero-order valence-electron chi connectivity index (χ0n) is 12.8. The van der Waals surface area contributed by atoms with E-state index in [0.29, 0.717) is 5.69 Å². The van der Waals surface area contributed by atoms with Gasteiger partial charge in [0, 0.05) is 11.2 Å². The van der Waals surface area contributed by atoms with Crippen molar-refractivity contribution in [1.29, 1.82) is 0 Å². The summed E-state index contributed by atoms with van der Waals surface area (Å²) in [5.41, 5.74) is 0.517. The van der Waals surface area contributed by atoms with Crippen molar-refractivity contribution in [2.45, 2.75) is 11.8 Å². The Morgan fingerprint density at radius 2 is 1.83 bits per heavy atom. The van der Waals surface area contributed by atoms with Crippen LogP contribution in [0.25, 0.3) is 10.1 Å². The van der Waals surface area contributed by atoms with Gasteiger partial charge in [0.15, 0.2) is 0 Å². The SMILES string of the molecule is CCN(c1ccc2sc(C(=O)O)cc2c1)S(=O)(=O)c1ccccc1. The summed E-state index contributed by atoms with van der Waals surface area (Å²) in [6.45, 7) is 2.04. The number of thiophene rings is 1. The van der Waals surface area contributed by atoms with E-state index in [1.54, 1.807) is 61.5 Å². The third-order valence-corrected chi connectivity index (χ3v) is 6.64. The summed E-state index contributed by atoms with van der Waals surface area (Å²) in [4.78, 5) is 11.6. The first kappa shape index (κ1) is 16.5. The van der Waals surface area contributed by atoms with E-state index in [-0.39, 0.29) is 16.3 Å². The van der Waals surface area contributed by atoms with Crippen molar-refractivity contribution in [1.82, 2.24) is 0 Å². The lowest BCUT2D eigenvalue weighted by atomic mass is 10.2. The second-order valence-corrected chi connectivity index (χ2v) is 8.07. The molecule has 0 amide bonds. The van der Waals surface area contributed by atoms with Crippen molar-refractivity contribution in [3.63, 3.8) is 0 Å². The molecule has 0 aliphatic carbocycles. The Morgan fingerprint density at radius 3 is 2.46 bits per heavy atom. The molecule has 5 nitrogen and oxygen atoms in total. The van der Waals surface area contributed by atoms with Crippen LogP contribution in [0.2, 0.25) is 0 Å². The summed E-state index contributed by atoms with van der Waals surface area (Å²) in [7, 11) is -3.66. The third-order valence-electron chi connectivity index (χ3n) is 3.62. The molecule has 0 aliphatic heterocycles. The molecule has 124 valence electrons. The van der Waals surface area contributed by atoms with E-state index in [1.165, 1.54) is 15.6 Å². The Morgan fingerprint density at radius 1 is 1.12 bits per heavy atom. The van der Waals surface area contributed by atoms with Crippen LogP contribution in [-0.4, -0.2) is 26.0 Å². The summed E-state index contributed by atoms with van der Waals surface area (Å²) in [6, 6.07) is 15.0. The molecule has 0 unspecified atom stereocenters. The van der Waals surface area contributed by atoms with Gasteiger partial charge in [0.2, 0.25) is 0 Å². The van der Waals surface area contributed by atoms with E-state index in [9.17, 15) is 13.2 Å². The molecule has 1 heterocycles. The smallest absolute Gasteiger partial charge is 0.345 e. The van der Waals surface area contributed by atoms with Gasteiger partial charge >= 0.3 is 5.97 Å². The van der Waals surface area contributed by atoms with Crippen LogP contribution in [0.3, 0.4) is 0 Å². The fraction of sp³-hybridized carbons (Fsp3) is 0.118. The number of nitrogens with zero attached hydrogens (tertiary/aromatic N) is 1. The highest BCUT2D eigenvalue weighted by Crippen LogP contribution is 2.31. The molecule has 1 N–H and O–H groups in total. The molecule has 0 saturated heterocycles. The average Bonchev–Trinajstić information content (AvgIpc) is 3.00. The highest BCUT2D eigenvalue weighted by Gasteiger charge is 2.23. The van der Waals surface area contributed by atoms with Crippen molar-refractivity contribution in [3.8, 4) is 0 Å². The summed E-state index contributed by atoms with van der Waals surface area (Å²) in [6.07, 6.45) is 0. The molecule has 24 heavy (non-hydrogen) atoms. The number of anilines is 1. The van der Waals surface area contributed by atoms with E-state index in [4.69, 9.17) is 5.11 Å². The van der Waals surface area contributed by atoms with Gasteiger partial charge in [0.25, 0.3) is 10.0 Å². The number of sulfonamides is 1. The minimum atomic E-state index is -3.66. The first-order valence-electron chi connectivity index (χ1n) is 7.28. The van der Waals surface area contributed by atoms with Crippen LogP contribution in [0.1, 0.15) is 16.6 Å². The van der Waals surface area contributed by atoms with Crippen molar-refractivity contribution in [3.05, 3.63) is 59.5 Å². The Bertz CT molecular complexity index is 994. The number of carbonyl (C=O) groups is 1. The average molecular weight is 361 g/mol. The minimum Gasteiger partial charge on any atom is -0.477 e. The number of rotatable bonds is 5. The predicted octanol–water partition coefficient (Wildman–Crippen LogP) is 3.81. The molecule has 0 saturated carbocycles. The molecule has 0 radical (unpaired) electrons. The van der Waals surface area contributed by atoms with Crippen LogP contribution in [0.15, 0.2) is 59.5 Å². The van der Waals surface area contributed by atoms with Gasteiger partial charge in [-0.3, -0.25) is 4.31 Å². The van der Waals surface area contributed by atoms with Crippen LogP contribution in [0.4, 0.5) is 5.69 Å². The fourth-order valence-electron chi connectivity index (χ4n) is 2.50. The number of hydrogen-bond donors (Lipinski definition) is 1. The monoisotopic (exact) mass is 361 g/mol. The maximum absolute atomic E-state index is 12.8. The van der Waals surface area contributed by atoms with E-state index >= 15 is 0 Å². The highest BCUT2D eigenvalue weighted by molar-refractivity contribution is 7.92. The summed E-state index contributed by atoms with van der Waals surface area (Å²) in [5.74, 6) is -0.984. The van der Waals surface area contributed by atoms with E-state index in [2.05, 4.69) is 0 Å². The normalized spacial score (nSPS) is 11.5. The molecule has 3 aromatic rings. The summed E-state index contributed by atoms with van der Waals surface area (Å²) < 4.78 is 27.8. The van der Waals surface area contributed by atoms with Gasteiger partial charge in [-0.15, -0.1) is 11.3 Å². The Balaban J connectivity index is 2.08. The molecule has 0 spiro atoms. The summed E-state index contributed by atoms with van der Waals surface area (Å²) >= 11 is 1.17. The zero-order valence-corrected chi connectivity index (χ0v) is 14.5. The van der Waals surface area contributed by atoms with Crippen LogP contribution < -0.4 is 4.31 Å². The van der Waals surface area contributed by atoms with Gasteiger partial charge in [-0.1, -0.05) is 18.2 Å². The molecule has 0 bridgehead atoms. The Labute approximate surface area is 143 Å². The van der Waals surface area contributed by atoms with Gasteiger partial charge in [0.05, 0.1) is 10.6 Å². The molecule has 0 fully saturated rings. The third kappa shape index (κ3) is 2.88. The van der Waals surface area contributed by atoms with E-state index in [0.717, 1.165) is 10.1 Å². The van der Waals surface area contributed by atoms with E-state index < -0.39 is 16.0 Å². The van der Waals surface area contributed by atoms with Crippen molar-refractivity contribution >= 4 is 43.1 Å². The standard InChI is InChI=1S/C17H15NO4S2/c1-2-18(24(21,22)14-6-4-3-5-7-14)13-8-9-15-12(10-13)11-16(23-15)17(19)20/h3-11H,2H2,1H3,(H,19,20). The maximum atomic E-state index is 12.8. The first-order chi connectivity index (χ1) is 11.4. The topological polar surface area (TPSA) is 74.7 Å². The van der Waals surface area contributed by atoms with Crippen LogP contribution in [0, 0.1) is 0 Å². The van der Waals surface area contributed by atoms with Crippen molar-refractivity contribution < 1.29 is 18.3 Å². The zero-order chi connectivity index (χ0) is 17.3. The van der Waals surface area contributed by atoms with Crippen LogP contribution in [0.5, 0.6) is 0 Å². The molecule has 7 heteroatoms. The van der Waals surface area contributed by atoms with Crippen molar-refractivity contribution in [2.24, 2.45) is 0 Å². The molecule has 0 atom stereocenters. The number of benzene rings is 2. The van der Waals surface area contributed by atoms with Crippen molar-refractivity contribution in [2.75, 3.05) is 10.8 Å². The number of aromatic carboxylic acids is 1. The minimum absolute atomic E-state index is 0.225. The van der Waals surface area contributed by atoms with Gasteiger partial charge in [-0.25, -0.2) is 13.2 Å². The second kappa shape index (κ2) is 6.26. The molecular formula is C17H15NO4S2. The molecular weight excluding hydrogens is 346 g/mol. The van der Waals surface area contributed by atoms with Gasteiger partial charge in [-0.05, 0) is 48.7 Å². The number of carboxylic acids is 1. The van der Waals surface area contributed by atoms with Gasteiger partial charge in [0.1, 0.15) is 4.88 Å². The Hall–Kier alpha value is -2.38. The highest BCUT2D eigenvalue weighted by atomic mass is 32.2. The number of fused-ring (bicyclic) bond motifs is 1. The van der Waals surface area contributed by atoms with Gasteiger partial charge in [-0.2, -0.15) is 0 Å². The Kier molecular flexibility index (Phi) is 4.29.